The normalized spacial score (nSPS) is 10.7. The first kappa shape index (κ1) is 14.6. The number of hydrogen-bond donors (Lipinski definition) is 1. The number of methoxy groups -OCH3 is 1. The lowest BCUT2D eigenvalue weighted by atomic mass is 10.1. The predicted molar refractivity (Wildman–Crippen MR) is 77.8 cm³/mol. The zero-order valence-corrected chi connectivity index (χ0v) is 12.0. The van der Waals surface area contributed by atoms with E-state index in [0.717, 1.165) is 36.6 Å². The molecular weight excluding hydrogens is 254 g/mol. The highest BCUT2D eigenvalue weighted by molar-refractivity contribution is 5.28. The molecule has 0 radical (unpaired) electrons. The molecule has 1 aromatic carbocycles. The van der Waals surface area contributed by atoms with Gasteiger partial charge in [-0.05, 0) is 37.2 Å². The molecule has 0 saturated carbocycles. The van der Waals surface area contributed by atoms with Gasteiger partial charge in [0.15, 0.2) is 0 Å². The molecule has 0 saturated heterocycles. The van der Waals surface area contributed by atoms with Crippen molar-refractivity contribution in [2.75, 3.05) is 20.8 Å². The lowest BCUT2D eigenvalue weighted by Gasteiger charge is -2.07. The van der Waals surface area contributed by atoms with E-state index in [4.69, 9.17) is 13.9 Å². The number of nitrogens with one attached hydrogen (secondary N) is 1. The minimum Gasteiger partial charge on any atom is -0.486 e. The fraction of sp³-hybridized carbons (Fsp3) is 0.375. The van der Waals surface area contributed by atoms with E-state index in [2.05, 4.69) is 17.4 Å². The quantitative estimate of drug-likeness (QED) is 0.804. The highest BCUT2D eigenvalue weighted by Gasteiger charge is 2.06. The van der Waals surface area contributed by atoms with E-state index in [-0.39, 0.29) is 0 Å². The largest absolute Gasteiger partial charge is 0.486 e. The Balaban J connectivity index is 1.88. The van der Waals surface area contributed by atoms with E-state index in [0.29, 0.717) is 6.61 Å². The first-order valence-electron chi connectivity index (χ1n) is 6.74. The summed E-state index contributed by atoms with van der Waals surface area (Å²) in [5.41, 5.74) is 2.37. The van der Waals surface area contributed by atoms with E-state index in [9.17, 15) is 0 Å². The molecule has 1 aromatic heterocycles. The number of hydrogen-bond acceptors (Lipinski definition) is 4. The molecule has 0 spiro atoms. The van der Waals surface area contributed by atoms with E-state index in [1.54, 1.807) is 13.4 Å². The van der Waals surface area contributed by atoms with Crippen LogP contribution >= 0.6 is 0 Å². The number of benzene rings is 1. The van der Waals surface area contributed by atoms with Gasteiger partial charge in [0.25, 0.3) is 0 Å². The summed E-state index contributed by atoms with van der Waals surface area (Å²) in [6.45, 7) is 1.96. The fourth-order valence-corrected chi connectivity index (χ4v) is 1.96. The van der Waals surface area contributed by atoms with Crippen LogP contribution in [-0.4, -0.2) is 20.8 Å². The van der Waals surface area contributed by atoms with E-state index in [1.807, 2.05) is 25.2 Å². The standard InChI is InChI=1S/C16H21NO3/c1-17-11-14-8-10-19-16(14)12-20-15-5-3-13(4-6-15)7-9-18-2/h3-6,8,10,17H,7,9,11-12H2,1-2H3. The maximum atomic E-state index is 5.74. The van der Waals surface area contributed by atoms with E-state index >= 15 is 0 Å². The third-order valence-corrected chi connectivity index (χ3v) is 3.09. The zero-order valence-electron chi connectivity index (χ0n) is 12.0. The molecule has 4 heteroatoms. The average molecular weight is 275 g/mol. The van der Waals surface area contributed by atoms with Gasteiger partial charge in [-0.3, -0.25) is 0 Å². The smallest absolute Gasteiger partial charge is 0.146 e. The Bertz CT molecular complexity index is 505. The Hall–Kier alpha value is -1.78. The van der Waals surface area contributed by atoms with Gasteiger partial charge in [0, 0.05) is 19.2 Å². The van der Waals surface area contributed by atoms with Crippen molar-refractivity contribution in [1.29, 1.82) is 0 Å². The van der Waals surface area contributed by atoms with Crippen LogP contribution in [0.2, 0.25) is 0 Å². The summed E-state index contributed by atoms with van der Waals surface area (Å²) in [5.74, 6) is 1.71. The summed E-state index contributed by atoms with van der Waals surface area (Å²) < 4.78 is 16.2. The van der Waals surface area contributed by atoms with Crippen molar-refractivity contribution < 1.29 is 13.9 Å². The third kappa shape index (κ3) is 4.11. The van der Waals surface area contributed by atoms with Gasteiger partial charge in [-0.1, -0.05) is 12.1 Å². The van der Waals surface area contributed by atoms with E-state index in [1.165, 1.54) is 5.56 Å². The van der Waals surface area contributed by atoms with Crippen molar-refractivity contribution in [3.63, 3.8) is 0 Å². The second kappa shape index (κ2) is 7.72. The number of ether oxygens (including phenoxy) is 2. The SMILES string of the molecule is CNCc1ccoc1COc1ccc(CCOC)cc1. The second-order valence-corrected chi connectivity index (χ2v) is 4.57. The molecule has 0 unspecified atom stereocenters. The Morgan fingerprint density at radius 1 is 1.15 bits per heavy atom. The molecule has 0 aliphatic rings. The maximum Gasteiger partial charge on any atom is 0.146 e. The molecule has 0 bridgehead atoms. The monoisotopic (exact) mass is 275 g/mol. The molecule has 20 heavy (non-hydrogen) atoms. The molecule has 1 heterocycles. The van der Waals surface area contributed by atoms with Crippen LogP contribution in [0.15, 0.2) is 41.0 Å². The first-order chi connectivity index (χ1) is 9.83. The van der Waals surface area contributed by atoms with Crippen molar-refractivity contribution in [3.8, 4) is 5.75 Å². The summed E-state index contributed by atoms with van der Waals surface area (Å²) in [6.07, 6.45) is 2.61. The highest BCUT2D eigenvalue weighted by Crippen LogP contribution is 2.17. The molecule has 2 aromatic rings. The molecule has 108 valence electrons. The van der Waals surface area contributed by atoms with Crippen LogP contribution in [0.25, 0.3) is 0 Å². The fourth-order valence-electron chi connectivity index (χ4n) is 1.96. The van der Waals surface area contributed by atoms with Gasteiger partial charge >= 0.3 is 0 Å². The summed E-state index contributed by atoms with van der Waals surface area (Å²) in [6, 6.07) is 10.0. The van der Waals surface area contributed by atoms with E-state index < -0.39 is 0 Å². The van der Waals surface area contributed by atoms with Crippen molar-refractivity contribution in [1.82, 2.24) is 5.32 Å². The van der Waals surface area contributed by atoms with Crippen LogP contribution < -0.4 is 10.1 Å². The van der Waals surface area contributed by atoms with Crippen LogP contribution in [0.5, 0.6) is 5.75 Å². The lowest BCUT2D eigenvalue weighted by molar-refractivity contribution is 0.202. The average Bonchev–Trinajstić information content (AvgIpc) is 2.92. The minimum absolute atomic E-state index is 0.446. The molecule has 2 rings (SSSR count). The van der Waals surface area contributed by atoms with Gasteiger partial charge in [-0.2, -0.15) is 0 Å². The van der Waals surface area contributed by atoms with Gasteiger partial charge in [-0.15, -0.1) is 0 Å². The Morgan fingerprint density at radius 2 is 1.95 bits per heavy atom. The van der Waals surface area contributed by atoms with Crippen molar-refractivity contribution >= 4 is 0 Å². The summed E-state index contributed by atoms with van der Waals surface area (Å²) >= 11 is 0. The van der Waals surface area contributed by atoms with Gasteiger partial charge in [0.1, 0.15) is 18.1 Å². The summed E-state index contributed by atoms with van der Waals surface area (Å²) in [4.78, 5) is 0. The van der Waals surface area contributed by atoms with Gasteiger partial charge in [0.05, 0.1) is 12.9 Å². The minimum atomic E-state index is 0.446. The Kier molecular flexibility index (Phi) is 5.65. The second-order valence-electron chi connectivity index (χ2n) is 4.57. The maximum absolute atomic E-state index is 5.74. The predicted octanol–water partition coefficient (Wildman–Crippen LogP) is 2.77. The number of furan rings is 1. The van der Waals surface area contributed by atoms with Crippen molar-refractivity contribution in [2.24, 2.45) is 0 Å². The van der Waals surface area contributed by atoms with Gasteiger partial charge in [0.2, 0.25) is 0 Å². The van der Waals surface area contributed by atoms with Gasteiger partial charge in [-0.25, -0.2) is 0 Å². The molecule has 0 fully saturated rings. The molecule has 0 amide bonds. The third-order valence-electron chi connectivity index (χ3n) is 3.09. The van der Waals surface area contributed by atoms with Crippen LogP contribution in [-0.2, 0) is 24.3 Å². The van der Waals surface area contributed by atoms with Crippen LogP contribution in [0.3, 0.4) is 0 Å². The number of rotatable bonds is 8. The molecule has 4 nitrogen and oxygen atoms in total. The molecule has 1 N–H and O–H groups in total. The molecule has 0 atom stereocenters. The molecule has 0 aliphatic carbocycles. The first-order valence-corrected chi connectivity index (χ1v) is 6.74. The molecule has 0 aliphatic heterocycles. The Morgan fingerprint density at radius 3 is 2.65 bits per heavy atom. The van der Waals surface area contributed by atoms with Crippen LogP contribution in [0.4, 0.5) is 0 Å². The Labute approximate surface area is 119 Å². The van der Waals surface area contributed by atoms with Gasteiger partial charge < -0.3 is 19.2 Å². The lowest BCUT2D eigenvalue weighted by Crippen LogP contribution is -2.07. The highest BCUT2D eigenvalue weighted by atomic mass is 16.5. The van der Waals surface area contributed by atoms with Crippen molar-refractivity contribution in [2.45, 2.75) is 19.6 Å². The van der Waals surface area contributed by atoms with Crippen molar-refractivity contribution in [3.05, 3.63) is 53.5 Å². The summed E-state index contributed by atoms with van der Waals surface area (Å²) in [7, 11) is 3.62. The topological polar surface area (TPSA) is 43.6 Å². The zero-order chi connectivity index (χ0) is 14.2. The van der Waals surface area contributed by atoms with Crippen LogP contribution in [0, 0.1) is 0 Å². The van der Waals surface area contributed by atoms with Crippen LogP contribution in [0.1, 0.15) is 16.9 Å². The summed E-state index contributed by atoms with van der Waals surface area (Å²) in [5, 5.41) is 3.11. The molecular formula is C16H21NO3.